The molecule has 0 bridgehead atoms. The Balaban J connectivity index is 1.73. The van der Waals surface area contributed by atoms with Crippen molar-refractivity contribution in [1.29, 1.82) is 0 Å². The Morgan fingerprint density at radius 3 is 2.33 bits per heavy atom. The van der Waals surface area contributed by atoms with Crippen molar-refractivity contribution in [2.45, 2.75) is 32.0 Å². The number of carbonyl (C=O) groups excluding carboxylic acids is 1. The molecule has 0 saturated heterocycles. The lowest BCUT2D eigenvalue weighted by Crippen LogP contribution is -2.25. The highest BCUT2D eigenvalue weighted by Crippen LogP contribution is 2.29. The molecule has 2 N–H and O–H groups in total. The molecule has 0 spiro atoms. The Morgan fingerprint density at radius 2 is 1.67 bits per heavy atom. The van der Waals surface area contributed by atoms with Crippen LogP contribution in [0.5, 0.6) is 0 Å². The van der Waals surface area contributed by atoms with Crippen LogP contribution in [0.3, 0.4) is 0 Å². The van der Waals surface area contributed by atoms with Crippen molar-refractivity contribution in [3.05, 3.63) is 71.3 Å². The van der Waals surface area contributed by atoms with E-state index < -0.39 is 0 Å². The van der Waals surface area contributed by atoms with Gasteiger partial charge in [-0.3, -0.25) is 9.69 Å². The second-order valence-corrected chi connectivity index (χ2v) is 5.69. The molecule has 21 heavy (non-hydrogen) atoms. The summed E-state index contributed by atoms with van der Waals surface area (Å²) in [7, 11) is 0. The summed E-state index contributed by atoms with van der Waals surface area (Å²) >= 11 is 0. The predicted molar refractivity (Wildman–Crippen MR) is 83.7 cm³/mol. The van der Waals surface area contributed by atoms with Crippen molar-refractivity contribution in [3.8, 4) is 0 Å². The van der Waals surface area contributed by atoms with Gasteiger partial charge in [-0.05, 0) is 36.1 Å². The van der Waals surface area contributed by atoms with Crippen molar-refractivity contribution >= 4 is 5.91 Å². The van der Waals surface area contributed by atoms with Crippen molar-refractivity contribution < 1.29 is 4.79 Å². The Labute approximate surface area is 125 Å². The third-order valence-corrected chi connectivity index (χ3v) is 3.89. The van der Waals surface area contributed by atoms with Crippen LogP contribution in [-0.4, -0.2) is 16.8 Å². The Hall–Kier alpha value is -2.13. The fraction of sp³-hybridized carbons (Fsp3) is 0.278. The van der Waals surface area contributed by atoms with Gasteiger partial charge in [0.25, 0.3) is 0 Å². The van der Waals surface area contributed by atoms with Gasteiger partial charge in [-0.25, -0.2) is 0 Å². The molecule has 0 radical (unpaired) electrons. The lowest BCUT2D eigenvalue weighted by molar-refractivity contribution is 0.1000. The number of nitrogens with two attached hydrogens (primary N) is 1. The minimum absolute atomic E-state index is 0.363. The zero-order chi connectivity index (χ0) is 14.7. The second kappa shape index (κ2) is 6.10. The molecule has 1 amide bonds. The topological polar surface area (TPSA) is 46.3 Å². The Morgan fingerprint density at radius 1 is 1.00 bits per heavy atom. The van der Waals surface area contributed by atoms with Crippen LogP contribution in [0.25, 0.3) is 0 Å². The molecule has 1 aliphatic rings. The molecule has 1 aliphatic carbocycles. The molecule has 0 unspecified atom stereocenters. The molecule has 3 nitrogen and oxygen atoms in total. The van der Waals surface area contributed by atoms with E-state index in [4.69, 9.17) is 5.73 Å². The van der Waals surface area contributed by atoms with Crippen LogP contribution in [0.15, 0.2) is 54.6 Å². The first-order chi connectivity index (χ1) is 10.2. The summed E-state index contributed by atoms with van der Waals surface area (Å²) < 4.78 is 0. The molecule has 3 rings (SSSR count). The molecule has 0 aromatic heterocycles. The van der Waals surface area contributed by atoms with Gasteiger partial charge in [0.2, 0.25) is 5.91 Å². The zero-order valence-corrected chi connectivity index (χ0v) is 12.0. The maximum atomic E-state index is 11.3. The molecule has 2 aromatic rings. The first-order valence-electron chi connectivity index (χ1n) is 7.39. The maximum Gasteiger partial charge on any atom is 0.248 e. The normalized spacial score (nSPS) is 14.3. The van der Waals surface area contributed by atoms with Crippen LogP contribution >= 0.6 is 0 Å². The van der Waals surface area contributed by atoms with Gasteiger partial charge < -0.3 is 5.73 Å². The van der Waals surface area contributed by atoms with Crippen molar-refractivity contribution in [2.24, 2.45) is 5.73 Å². The van der Waals surface area contributed by atoms with Gasteiger partial charge >= 0.3 is 0 Å². The number of hydrogen-bond acceptors (Lipinski definition) is 2. The number of carbonyl (C=O) groups is 1. The van der Waals surface area contributed by atoms with Gasteiger partial charge in [0.1, 0.15) is 0 Å². The zero-order valence-electron chi connectivity index (χ0n) is 12.0. The summed E-state index contributed by atoms with van der Waals surface area (Å²) in [4.78, 5) is 13.8. The summed E-state index contributed by atoms with van der Waals surface area (Å²) in [6.45, 7) is 1.81. The van der Waals surface area contributed by atoms with Gasteiger partial charge in [0.05, 0.1) is 0 Å². The van der Waals surface area contributed by atoms with Crippen molar-refractivity contribution in [1.82, 2.24) is 4.90 Å². The van der Waals surface area contributed by atoms with Crippen LogP contribution in [-0.2, 0) is 13.1 Å². The summed E-state index contributed by atoms with van der Waals surface area (Å²) in [6.07, 6.45) is 2.53. The van der Waals surface area contributed by atoms with Gasteiger partial charge in [-0.15, -0.1) is 0 Å². The molecular formula is C18H20N2O. The number of nitrogens with zero attached hydrogens (tertiary/aromatic N) is 1. The van der Waals surface area contributed by atoms with Crippen LogP contribution in [0.1, 0.15) is 34.3 Å². The number of hydrogen-bond donors (Lipinski definition) is 1. The number of primary amides is 1. The first kappa shape index (κ1) is 13.8. The van der Waals surface area contributed by atoms with Crippen LogP contribution in [0.4, 0.5) is 0 Å². The minimum atomic E-state index is -0.363. The summed E-state index contributed by atoms with van der Waals surface area (Å²) in [5, 5.41) is 0. The van der Waals surface area contributed by atoms with Crippen molar-refractivity contribution in [2.75, 3.05) is 0 Å². The monoisotopic (exact) mass is 280 g/mol. The third-order valence-electron chi connectivity index (χ3n) is 3.89. The van der Waals surface area contributed by atoms with E-state index in [2.05, 4.69) is 35.2 Å². The lowest BCUT2D eigenvalue weighted by atomic mass is 10.1. The largest absolute Gasteiger partial charge is 0.366 e. The summed E-state index contributed by atoms with van der Waals surface area (Å²) in [5.74, 6) is -0.363. The second-order valence-electron chi connectivity index (χ2n) is 5.69. The van der Waals surface area contributed by atoms with Gasteiger partial charge in [0.15, 0.2) is 0 Å². The highest BCUT2D eigenvalue weighted by atomic mass is 16.1. The van der Waals surface area contributed by atoms with E-state index in [0.29, 0.717) is 11.6 Å². The molecule has 0 atom stereocenters. The molecule has 3 heteroatoms. The van der Waals surface area contributed by atoms with E-state index in [9.17, 15) is 4.79 Å². The minimum Gasteiger partial charge on any atom is -0.366 e. The smallest absolute Gasteiger partial charge is 0.248 e. The quantitative estimate of drug-likeness (QED) is 0.884. The lowest BCUT2D eigenvalue weighted by Gasteiger charge is -2.22. The number of rotatable bonds is 6. The molecule has 2 aromatic carbocycles. The Kier molecular flexibility index (Phi) is 4.02. The molecular weight excluding hydrogens is 260 g/mol. The van der Waals surface area contributed by atoms with Gasteiger partial charge in [-0.2, -0.15) is 0 Å². The Bertz CT molecular complexity index is 620. The molecule has 1 fully saturated rings. The molecule has 1 saturated carbocycles. The van der Waals surface area contributed by atoms with Crippen LogP contribution < -0.4 is 5.73 Å². The highest BCUT2D eigenvalue weighted by molar-refractivity contribution is 5.92. The summed E-state index contributed by atoms with van der Waals surface area (Å²) in [5.41, 5.74) is 8.42. The third kappa shape index (κ3) is 3.70. The van der Waals surface area contributed by atoms with E-state index in [1.165, 1.54) is 18.4 Å². The number of benzene rings is 2. The first-order valence-corrected chi connectivity index (χ1v) is 7.39. The molecule has 0 aliphatic heterocycles. The van der Waals surface area contributed by atoms with E-state index in [0.717, 1.165) is 18.7 Å². The van der Waals surface area contributed by atoms with E-state index in [1.807, 2.05) is 18.2 Å². The van der Waals surface area contributed by atoms with Gasteiger partial charge in [-0.1, -0.05) is 42.5 Å². The van der Waals surface area contributed by atoms with Crippen LogP contribution in [0, 0.1) is 0 Å². The highest BCUT2D eigenvalue weighted by Gasteiger charge is 2.28. The number of amides is 1. The average Bonchev–Trinajstić information content (AvgIpc) is 3.33. The van der Waals surface area contributed by atoms with E-state index in [1.54, 1.807) is 6.07 Å². The standard InChI is InChI=1S/C18H20N2O/c19-18(21)16-8-4-7-15(11-16)13-20(17-9-10-17)12-14-5-2-1-3-6-14/h1-8,11,17H,9-10,12-13H2,(H2,19,21). The van der Waals surface area contributed by atoms with Crippen molar-refractivity contribution in [3.63, 3.8) is 0 Å². The predicted octanol–water partition coefficient (Wildman–Crippen LogP) is 2.95. The molecule has 108 valence electrons. The molecule has 0 heterocycles. The average molecular weight is 280 g/mol. The van der Waals surface area contributed by atoms with Crippen LogP contribution in [0.2, 0.25) is 0 Å². The maximum absolute atomic E-state index is 11.3. The fourth-order valence-electron chi connectivity index (χ4n) is 2.63. The SMILES string of the molecule is NC(=O)c1cccc(CN(Cc2ccccc2)C2CC2)c1. The summed E-state index contributed by atoms with van der Waals surface area (Å²) in [6, 6.07) is 18.8. The van der Waals surface area contributed by atoms with Gasteiger partial charge in [0, 0.05) is 24.7 Å². The fourth-order valence-corrected chi connectivity index (χ4v) is 2.63. The van der Waals surface area contributed by atoms with E-state index >= 15 is 0 Å². The van der Waals surface area contributed by atoms with E-state index in [-0.39, 0.29) is 5.91 Å².